The molecule has 1 heterocycles. The number of halogens is 3. The molecule has 0 saturated carbocycles. The van der Waals surface area contributed by atoms with Crippen LogP contribution in [0.5, 0.6) is 0 Å². The van der Waals surface area contributed by atoms with Gasteiger partial charge in [-0.15, -0.1) is 0 Å². The molecule has 4 rings (SSSR count). The summed E-state index contributed by atoms with van der Waals surface area (Å²) in [5.41, 5.74) is 9.38. The number of hydrogen-bond acceptors (Lipinski definition) is 2. The molecule has 0 aliphatic rings. The topological polar surface area (TPSA) is 27.3 Å². The first-order valence-corrected chi connectivity index (χ1v) is 21.0. The second kappa shape index (κ2) is 23.9. The smallest absolute Gasteiger partial charge is 0.469 e. The maximum Gasteiger partial charge on any atom is 0.469 e. The van der Waals surface area contributed by atoms with Crippen molar-refractivity contribution in [1.82, 2.24) is 4.57 Å². The van der Waals surface area contributed by atoms with E-state index in [1.165, 1.54) is 45.0 Å². The molecule has 0 aliphatic carbocycles. The Morgan fingerprint density at radius 3 is 1.47 bits per heavy atom. The zero-order chi connectivity index (χ0) is 36.6. The molecule has 8 heteroatoms. The fourth-order valence-electron chi connectivity index (χ4n) is 6.28. The summed E-state index contributed by atoms with van der Waals surface area (Å²) in [6.07, 6.45) is 9.40. The SMILES string of the molecule is CC(C)c1cccc(C(C)C)c1-n1cc[n+](-c2c(C(C)C)cccc2C(C)C)c1CB(OCCCCBr)OCCCCBr.Cc1ccccc1.[Br-]. The van der Waals surface area contributed by atoms with Gasteiger partial charge in [0.05, 0.1) is 6.32 Å². The summed E-state index contributed by atoms with van der Waals surface area (Å²) in [5.74, 6) is 2.76. The van der Waals surface area contributed by atoms with E-state index in [1.54, 1.807) is 0 Å². The van der Waals surface area contributed by atoms with Crippen LogP contribution < -0.4 is 21.5 Å². The lowest BCUT2D eigenvalue weighted by atomic mass is 9.83. The van der Waals surface area contributed by atoms with Crippen LogP contribution in [-0.4, -0.2) is 35.6 Å². The fourth-order valence-corrected chi connectivity index (χ4v) is 7.07. The molecule has 51 heavy (non-hydrogen) atoms. The van der Waals surface area contributed by atoms with Crippen molar-refractivity contribution < 1.29 is 30.9 Å². The predicted molar refractivity (Wildman–Crippen MR) is 222 cm³/mol. The second-order valence-corrected chi connectivity index (χ2v) is 16.1. The van der Waals surface area contributed by atoms with E-state index < -0.39 is 0 Å². The third-order valence-corrected chi connectivity index (χ3v) is 10.2. The first-order chi connectivity index (χ1) is 24.0. The van der Waals surface area contributed by atoms with Gasteiger partial charge in [-0.2, -0.15) is 9.13 Å². The van der Waals surface area contributed by atoms with E-state index in [0.29, 0.717) is 43.2 Å². The van der Waals surface area contributed by atoms with Crippen LogP contribution in [0.1, 0.15) is 138 Å². The highest BCUT2D eigenvalue weighted by atomic mass is 79.9. The molecule has 0 spiro atoms. The van der Waals surface area contributed by atoms with Crippen LogP contribution in [0.15, 0.2) is 79.1 Å². The molecule has 1 aromatic heterocycles. The van der Waals surface area contributed by atoms with Crippen LogP contribution in [0.2, 0.25) is 0 Å². The Balaban J connectivity index is 0.00000100. The van der Waals surface area contributed by atoms with Crippen molar-refractivity contribution in [2.45, 2.75) is 118 Å². The quantitative estimate of drug-likeness (QED) is 0.0432. The lowest BCUT2D eigenvalue weighted by Crippen LogP contribution is -3.00. The van der Waals surface area contributed by atoms with Gasteiger partial charge in [0.25, 0.3) is 5.82 Å². The largest absolute Gasteiger partial charge is 1.00 e. The lowest BCUT2D eigenvalue weighted by molar-refractivity contribution is -0.604. The average molecular weight is 890 g/mol. The normalized spacial score (nSPS) is 11.3. The molecule has 0 N–H and O–H groups in total. The van der Waals surface area contributed by atoms with E-state index in [0.717, 1.165) is 36.3 Å². The molecule has 3 aromatic carbocycles. The number of aryl methyl sites for hydroxylation is 1. The van der Waals surface area contributed by atoms with Crippen LogP contribution in [-0.2, 0) is 15.6 Å². The molecule has 4 aromatic rings. The molecule has 280 valence electrons. The first-order valence-electron chi connectivity index (χ1n) is 18.8. The molecular formula is C43H62BBr3N2O2. The number of aromatic nitrogens is 2. The van der Waals surface area contributed by atoms with Crippen LogP contribution in [0.4, 0.5) is 0 Å². The zero-order valence-corrected chi connectivity index (χ0v) is 37.4. The van der Waals surface area contributed by atoms with E-state index >= 15 is 0 Å². The van der Waals surface area contributed by atoms with Gasteiger partial charge in [0.2, 0.25) is 0 Å². The first kappa shape index (κ1) is 45.5. The van der Waals surface area contributed by atoms with Gasteiger partial charge in [-0.3, -0.25) is 0 Å². The van der Waals surface area contributed by atoms with E-state index in [-0.39, 0.29) is 24.1 Å². The summed E-state index contributed by atoms with van der Waals surface area (Å²) in [5, 5.41) is 1.98. The van der Waals surface area contributed by atoms with Crippen LogP contribution in [0, 0.1) is 6.92 Å². The fraction of sp³-hybridized carbons (Fsp3) is 0.512. The van der Waals surface area contributed by atoms with Gasteiger partial charge in [-0.05, 0) is 56.3 Å². The molecular weight excluding hydrogens is 827 g/mol. The van der Waals surface area contributed by atoms with Crippen LogP contribution in [0.25, 0.3) is 11.4 Å². The number of nitrogens with zero attached hydrogens (tertiary/aromatic N) is 2. The molecule has 0 saturated heterocycles. The Kier molecular flexibility index (Phi) is 21.3. The number of hydrogen-bond donors (Lipinski definition) is 0. The maximum absolute atomic E-state index is 6.51. The Bertz CT molecular complexity index is 1410. The van der Waals surface area contributed by atoms with E-state index in [1.807, 2.05) is 18.2 Å². The van der Waals surface area contributed by atoms with Gasteiger partial charge in [0.1, 0.15) is 23.8 Å². The van der Waals surface area contributed by atoms with Crippen LogP contribution >= 0.6 is 31.9 Å². The molecule has 0 aliphatic heterocycles. The average Bonchev–Trinajstić information content (AvgIpc) is 3.50. The summed E-state index contributed by atoms with van der Waals surface area (Å²) in [4.78, 5) is 0. The van der Waals surface area contributed by atoms with Gasteiger partial charge < -0.3 is 26.3 Å². The molecule has 0 unspecified atom stereocenters. The van der Waals surface area contributed by atoms with Crippen molar-refractivity contribution in [3.63, 3.8) is 0 Å². The molecule has 0 bridgehead atoms. The highest BCUT2D eigenvalue weighted by Gasteiger charge is 2.34. The van der Waals surface area contributed by atoms with E-state index in [2.05, 4.69) is 164 Å². The summed E-state index contributed by atoms with van der Waals surface area (Å²) in [6, 6.07) is 23.9. The molecule has 0 fully saturated rings. The van der Waals surface area contributed by atoms with E-state index in [4.69, 9.17) is 9.31 Å². The minimum absolute atomic E-state index is 0. The van der Waals surface area contributed by atoms with E-state index in [9.17, 15) is 0 Å². The van der Waals surface area contributed by atoms with Gasteiger partial charge in [-0.1, -0.05) is 160 Å². The third kappa shape index (κ3) is 13.6. The third-order valence-electron chi connectivity index (χ3n) is 9.04. The number of imidazole rings is 1. The van der Waals surface area contributed by atoms with Crippen molar-refractivity contribution in [3.05, 3.63) is 113 Å². The molecule has 0 amide bonds. The van der Waals surface area contributed by atoms with Gasteiger partial charge in [0.15, 0.2) is 0 Å². The summed E-state index contributed by atoms with van der Waals surface area (Å²) in [7, 11) is -0.326. The van der Waals surface area contributed by atoms with Crippen LogP contribution in [0.3, 0.4) is 0 Å². The van der Waals surface area contributed by atoms with Crippen molar-refractivity contribution >= 4 is 39.0 Å². The Hall–Kier alpha value is -1.71. The summed E-state index contributed by atoms with van der Waals surface area (Å²) < 4.78 is 17.9. The van der Waals surface area contributed by atoms with Crippen molar-refractivity contribution in [2.24, 2.45) is 0 Å². The summed E-state index contributed by atoms with van der Waals surface area (Å²) in [6.45, 7) is 21.9. The monoisotopic (exact) mass is 886 g/mol. The number of benzene rings is 3. The minimum atomic E-state index is -0.326. The molecule has 0 radical (unpaired) electrons. The van der Waals surface area contributed by atoms with Gasteiger partial charge >= 0.3 is 7.12 Å². The zero-order valence-electron chi connectivity index (χ0n) is 32.6. The number of para-hydroxylation sites is 2. The number of rotatable bonds is 18. The Labute approximate surface area is 338 Å². The molecule has 0 atom stereocenters. The molecule has 4 nitrogen and oxygen atoms in total. The van der Waals surface area contributed by atoms with Gasteiger partial charge in [-0.25, -0.2) is 0 Å². The standard InChI is InChI=1S/C36H54BBr2N2O2.C7H8.BrH/c1-26(2)30-15-13-16-31(27(3)4)35(30)40-21-22-41(36-32(28(5)6)17-14-18-33(36)29(7)8)34(40)25-37(42-23-11-9-19-38)43-24-12-10-20-39;1-7-5-3-2-4-6-7;/h13-18,21-22,26-29H,9-12,19-20,23-25H2,1-8H3;2-6H,1H3;1H/q+1;;/p-1. The van der Waals surface area contributed by atoms with Crippen molar-refractivity contribution in [2.75, 3.05) is 23.9 Å². The Morgan fingerprint density at radius 2 is 1.08 bits per heavy atom. The Morgan fingerprint density at radius 1 is 0.627 bits per heavy atom. The highest BCUT2D eigenvalue weighted by molar-refractivity contribution is 9.09. The van der Waals surface area contributed by atoms with Crippen molar-refractivity contribution in [3.8, 4) is 11.4 Å². The predicted octanol–water partition coefficient (Wildman–Crippen LogP) is 9.20. The highest BCUT2D eigenvalue weighted by Crippen LogP contribution is 2.33. The number of alkyl halides is 2. The van der Waals surface area contributed by atoms with Crippen molar-refractivity contribution in [1.29, 1.82) is 0 Å². The number of unbranched alkanes of at least 4 members (excludes halogenated alkanes) is 2. The maximum atomic E-state index is 6.51. The lowest BCUT2D eigenvalue weighted by Gasteiger charge is -2.21. The minimum Gasteiger partial charge on any atom is -1.00 e. The van der Waals surface area contributed by atoms with Gasteiger partial charge in [0, 0.05) is 46.1 Å². The summed E-state index contributed by atoms with van der Waals surface area (Å²) >= 11 is 7.14. The second-order valence-electron chi connectivity index (χ2n) is 14.5.